The van der Waals surface area contributed by atoms with Crippen LogP contribution in [0.1, 0.15) is 53.4 Å². The fourth-order valence-corrected chi connectivity index (χ4v) is 1.43. The number of carbonyl (C=O) groups excluding carboxylic acids is 2. The van der Waals surface area contributed by atoms with E-state index in [1.165, 1.54) is 7.11 Å². The van der Waals surface area contributed by atoms with Crippen molar-refractivity contribution < 1.29 is 23.8 Å². The van der Waals surface area contributed by atoms with E-state index in [4.69, 9.17) is 9.47 Å². The van der Waals surface area contributed by atoms with Crippen molar-refractivity contribution in [3.05, 3.63) is 0 Å². The summed E-state index contributed by atoms with van der Waals surface area (Å²) in [4.78, 5) is 22.3. The molecule has 0 rings (SSSR count). The van der Waals surface area contributed by atoms with Gasteiger partial charge in [-0.25, -0.2) is 4.79 Å². The van der Waals surface area contributed by atoms with Gasteiger partial charge in [-0.2, -0.15) is 0 Å². The first kappa shape index (κ1) is 18.7. The number of unbranched alkanes of at least 4 members (excludes halogenated alkanes) is 2. The van der Waals surface area contributed by atoms with E-state index in [1.807, 2.05) is 0 Å². The lowest BCUT2D eigenvalue weighted by Gasteiger charge is -2.22. The van der Waals surface area contributed by atoms with E-state index >= 15 is 0 Å². The molecule has 20 heavy (non-hydrogen) atoms. The molecule has 118 valence electrons. The third-order valence-corrected chi connectivity index (χ3v) is 2.34. The van der Waals surface area contributed by atoms with E-state index in [-0.39, 0.29) is 5.97 Å². The van der Waals surface area contributed by atoms with E-state index in [1.54, 1.807) is 27.7 Å². The van der Waals surface area contributed by atoms with Gasteiger partial charge in [0.25, 0.3) is 0 Å². The monoisotopic (exact) mass is 289 g/mol. The molecule has 1 atom stereocenters. The Labute approximate surface area is 121 Å². The second kappa shape index (κ2) is 9.58. The number of methoxy groups -OCH3 is 1. The first-order chi connectivity index (χ1) is 9.24. The van der Waals surface area contributed by atoms with Crippen molar-refractivity contribution >= 4 is 12.1 Å². The molecule has 6 nitrogen and oxygen atoms in total. The predicted molar refractivity (Wildman–Crippen MR) is 75.3 cm³/mol. The first-order valence-corrected chi connectivity index (χ1v) is 6.92. The van der Waals surface area contributed by atoms with Crippen molar-refractivity contribution in [2.45, 2.75) is 65.2 Å². The third kappa shape index (κ3) is 11.8. The average Bonchev–Trinajstić information content (AvgIpc) is 2.30. The predicted octanol–water partition coefficient (Wildman–Crippen LogP) is 2.61. The van der Waals surface area contributed by atoms with E-state index in [9.17, 15) is 9.59 Å². The molecule has 0 fully saturated rings. The van der Waals surface area contributed by atoms with Crippen molar-refractivity contribution in [3.63, 3.8) is 0 Å². The van der Waals surface area contributed by atoms with E-state index in [2.05, 4.69) is 10.1 Å². The van der Waals surface area contributed by atoms with Crippen LogP contribution in [0.3, 0.4) is 0 Å². The zero-order valence-electron chi connectivity index (χ0n) is 13.2. The Bertz CT molecular complexity index is 298. The number of esters is 1. The minimum atomic E-state index is -0.516. The van der Waals surface area contributed by atoms with Gasteiger partial charge in [0.2, 0.25) is 0 Å². The molecule has 0 radical (unpaired) electrons. The summed E-state index contributed by atoms with van der Waals surface area (Å²) in [6.07, 6.45) is 2.04. The second-order valence-corrected chi connectivity index (χ2v) is 5.55. The van der Waals surface area contributed by atoms with Crippen LogP contribution in [0.5, 0.6) is 0 Å². The fraction of sp³-hybridized carbons (Fsp3) is 0.857. The molecular formula is C14H27NO5. The summed E-state index contributed by atoms with van der Waals surface area (Å²) < 4.78 is 15.1. The van der Waals surface area contributed by atoms with Gasteiger partial charge in [0.1, 0.15) is 11.8 Å². The smallest absolute Gasteiger partial charge is 0.409 e. The number of hydrogen-bond acceptors (Lipinski definition) is 5. The van der Waals surface area contributed by atoms with Gasteiger partial charge in [0.05, 0.1) is 7.11 Å². The van der Waals surface area contributed by atoms with E-state index < -0.39 is 17.9 Å². The molecule has 0 aliphatic carbocycles. The molecule has 0 aromatic carbocycles. The maximum atomic E-state index is 11.4. The van der Waals surface area contributed by atoms with Gasteiger partial charge in [0.15, 0.2) is 0 Å². The molecule has 1 N–H and O–H groups in total. The Morgan fingerprint density at radius 2 is 1.80 bits per heavy atom. The highest BCUT2D eigenvalue weighted by Gasteiger charge is 2.17. The topological polar surface area (TPSA) is 73.9 Å². The number of carbonyl (C=O) groups is 2. The highest BCUT2D eigenvalue weighted by atomic mass is 16.6. The van der Waals surface area contributed by atoms with E-state index in [0.717, 1.165) is 19.3 Å². The van der Waals surface area contributed by atoms with Crippen LogP contribution in [-0.4, -0.2) is 37.6 Å². The van der Waals surface area contributed by atoms with Gasteiger partial charge in [-0.3, -0.25) is 10.1 Å². The van der Waals surface area contributed by atoms with Crippen LogP contribution in [0, 0.1) is 0 Å². The zero-order chi connectivity index (χ0) is 15.6. The molecule has 0 heterocycles. The minimum absolute atomic E-state index is 0.189. The highest BCUT2D eigenvalue weighted by Crippen LogP contribution is 2.07. The first-order valence-electron chi connectivity index (χ1n) is 6.92. The highest BCUT2D eigenvalue weighted by molar-refractivity contribution is 5.69. The van der Waals surface area contributed by atoms with Crippen molar-refractivity contribution in [1.29, 1.82) is 0 Å². The molecule has 0 spiro atoms. The lowest BCUT2D eigenvalue weighted by molar-refractivity contribution is -0.140. The van der Waals surface area contributed by atoms with Crippen molar-refractivity contribution in [1.82, 2.24) is 5.32 Å². The van der Waals surface area contributed by atoms with Crippen LogP contribution in [0.15, 0.2) is 0 Å². The Kier molecular flexibility index (Phi) is 8.96. The lowest BCUT2D eigenvalue weighted by Crippen LogP contribution is -2.39. The minimum Gasteiger partial charge on any atom is -0.469 e. The maximum absolute atomic E-state index is 11.4. The lowest BCUT2D eigenvalue weighted by atomic mass is 10.2. The quantitative estimate of drug-likeness (QED) is 0.422. The summed E-state index contributed by atoms with van der Waals surface area (Å²) in [5.41, 5.74) is -0.516. The van der Waals surface area contributed by atoms with Gasteiger partial charge in [0, 0.05) is 13.0 Å². The van der Waals surface area contributed by atoms with Crippen LogP contribution in [0.2, 0.25) is 0 Å². The third-order valence-electron chi connectivity index (χ3n) is 2.34. The second-order valence-electron chi connectivity index (χ2n) is 5.55. The number of rotatable bonds is 8. The summed E-state index contributed by atoms with van der Waals surface area (Å²) in [7, 11) is 1.38. The summed E-state index contributed by atoms with van der Waals surface area (Å²) in [6, 6.07) is 0. The molecular weight excluding hydrogens is 262 g/mol. The number of alkyl carbamates (subject to hydrolysis) is 1. The zero-order valence-corrected chi connectivity index (χ0v) is 13.2. The number of nitrogens with one attached hydrogen (secondary N) is 1. The SMILES string of the molecule is COC(=O)CCCCCOC(C)NC(=O)OC(C)(C)C. The normalized spacial score (nSPS) is 12.7. The Balaban J connectivity index is 3.56. The molecule has 0 aliphatic rings. The number of amides is 1. The Morgan fingerprint density at radius 1 is 1.15 bits per heavy atom. The standard InChI is InChI=1S/C14H27NO5/c1-11(15-13(17)20-14(2,3)4)19-10-8-6-7-9-12(16)18-5/h11H,6-10H2,1-5H3,(H,15,17). The van der Waals surface area contributed by atoms with E-state index in [0.29, 0.717) is 13.0 Å². The summed E-state index contributed by atoms with van der Waals surface area (Å²) in [5, 5.41) is 2.60. The largest absolute Gasteiger partial charge is 0.469 e. The molecule has 1 unspecified atom stereocenters. The summed E-state index contributed by atoms with van der Waals surface area (Å²) in [6.45, 7) is 7.69. The van der Waals surface area contributed by atoms with Crippen molar-refractivity contribution in [2.75, 3.05) is 13.7 Å². The summed E-state index contributed by atoms with van der Waals surface area (Å²) >= 11 is 0. The average molecular weight is 289 g/mol. The molecule has 6 heteroatoms. The van der Waals surface area contributed by atoms with Crippen molar-refractivity contribution in [2.24, 2.45) is 0 Å². The van der Waals surface area contributed by atoms with Crippen LogP contribution in [0.25, 0.3) is 0 Å². The molecule has 0 aliphatic heterocycles. The van der Waals surface area contributed by atoms with Crippen LogP contribution in [-0.2, 0) is 19.0 Å². The van der Waals surface area contributed by atoms with Crippen LogP contribution in [0.4, 0.5) is 4.79 Å². The Hall–Kier alpha value is -1.30. The van der Waals surface area contributed by atoms with Crippen LogP contribution < -0.4 is 5.32 Å². The van der Waals surface area contributed by atoms with Gasteiger partial charge >= 0.3 is 12.1 Å². The molecule has 0 aromatic rings. The molecule has 0 bridgehead atoms. The maximum Gasteiger partial charge on any atom is 0.409 e. The van der Waals surface area contributed by atoms with Gasteiger partial charge < -0.3 is 14.2 Å². The number of ether oxygens (including phenoxy) is 3. The van der Waals surface area contributed by atoms with Crippen LogP contribution >= 0.6 is 0 Å². The fourth-order valence-electron chi connectivity index (χ4n) is 1.43. The number of hydrogen-bond donors (Lipinski definition) is 1. The van der Waals surface area contributed by atoms with Gasteiger partial charge in [-0.15, -0.1) is 0 Å². The Morgan fingerprint density at radius 3 is 2.35 bits per heavy atom. The molecule has 1 amide bonds. The molecule has 0 saturated heterocycles. The molecule has 0 saturated carbocycles. The van der Waals surface area contributed by atoms with Gasteiger partial charge in [-0.05, 0) is 40.5 Å². The summed E-state index contributed by atoms with van der Waals surface area (Å²) in [5.74, 6) is -0.189. The van der Waals surface area contributed by atoms with Crippen molar-refractivity contribution in [3.8, 4) is 0 Å². The molecule has 0 aromatic heterocycles. The van der Waals surface area contributed by atoms with Gasteiger partial charge in [-0.1, -0.05) is 6.42 Å².